The van der Waals surface area contributed by atoms with Crippen LogP contribution in [-0.2, 0) is 4.79 Å². The largest absolute Gasteiger partial charge is 0.496 e. The molecule has 1 amide bonds. The lowest BCUT2D eigenvalue weighted by Gasteiger charge is -2.38. The van der Waals surface area contributed by atoms with Gasteiger partial charge in [0.25, 0.3) is 0 Å². The molecule has 1 fully saturated rings. The van der Waals surface area contributed by atoms with E-state index in [-0.39, 0.29) is 17.6 Å². The number of carbonyl (C=O) groups excluding carboxylic acids is 2. The Balaban J connectivity index is 1.37. The van der Waals surface area contributed by atoms with Crippen LogP contribution in [0, 0.1) is 17.2 Å². The first-order valence-corrected chi connectivity index (χ1v) is 10.9. The summed E-state index contributed by atoms with van der Waals surface area (Å²) < 4.78 is 5.25. The SMILES string of the molecule is COc1ccc(C#N)cc1/C=C/C(=O)NCCCN1CC(C(=O)c2ccc(Cl)c(Cl)c2)C1. The van der Waals surface area contributed by atoms with Gasteiger partial charge in [0.2, 0.25) is 5.91 Å². The predicted octanol–water partition coefficient (Wildman–Crippen LogP) is 4.21. The molecule has 0 radical (unpaired) electrons. The summed E-state index contributed by atoms with van der Waals surface area (Å²) in [4.78, 5) is 26.8. The molecule has 2 aromatic rings. The van der Waals surface area contributed by atoms with Gasteiger partial charge < -0.3 is 15.0 Å². The van der Waals surface area contributed by atoms with Crippen LogP contribution in [0.15, 0.2) is 42.5 Å². The highest BCUT2D eigenvalue weighted by molar-refractivity contribution is 6.42. The standard InChI is InChI=1S/C24H23Cl2N3O3/c1-32-22-7-3-16(13-27)11-17(22)5-8-23(30)28-9-2-10-29-14-19(15-29)24(31)18-4-6-20(25)21(26)12-18/h3-8,11-12,19H,2,9-10,14-15H2,1H3,(H,28,30)/b8-5+. The monoisotopic (exact) mass is 471 g/mol. The molecule has 0 bridgehead atoms. The third-order valence-corrected chi connectivity index (χ3v) is 5.99. The van der Waals surface area contributed by atoms with E-state index in [4.69, 9.17) is 33.2 Å². The van der Waals surface area contributed by atoms with Crippen molar-refractivity contribution in [1.82, 2.24) is 10.2 Å². The van der Waals surface area contributed by atoms with Crippen LogP contribution in [0.2, 0.25) is 10.0 Å². The van der Waals surface area contributed by atoms with E-state index < -0.39 is 0 Å². The Kier molecular flexibility index (Phi) is 8.29. The second-order valence-electron chi connectivity index (χ2n) is 7.50. The minimum atomic E-state index is -0.217. The third kappa shape index (κ3) is 6.10. The minimum Gasteiger partial charge on any atom is -0.496 e. The molecule has 8 heteroatoms. The van der Waals surface area contributed by atoms with Crippen LogP contribution in [0.1, 0.15) is 27.9 Å². The Hall–Kier alpha value is -2.85. The highest BCUT2D eigenvalue weighted by Gasteiger charge is 2.32. The van der Waals surface area contributed by atoms with Crippen molar-refractivity contribution in [2.75, 3.05) is 33.3 Å². The van der Waals surface area contributed by atoms with Gasteiger partial charge in [-0.05, 0) is 55.4 Å². The number of hydrogen-bond acceptors (Lipinski definition) is 5. The molecule has 0 aromatic heterocycles. The van der Waals surface area contributed by atoms with E-state index in [9.17, 15) is 9.59 Å². The highest BCUT2D eigenvalue weighted by Crippen LogP contribution is 2.26. The van der Waals surface area contributed by atoms with Crippen molar-refractivity contribution in [3.8, 4) is 11.8 Å². The van der Waals surface area contributed by atoms with Gasteiger partial charge in [-0.25, -0.2) is 0 Å². The number of nitrogens with one attached hydrogen (secondary N) is 1. The minimum absolute atomic E-state index is 0.0380. The number of benzene rings is 2. The molecule has 1 saturated heterocycles. The van der Waals surface area contributed by atoms with Gasteiger partial charge in [-0.3, -0.25) is 9.59 Å². The zero-order chi connectivity index (χ0) is 23.1. The van der Waals surface area contributed by atoms with E-state index in [2.05, 4.69) is 16.3 Å². The van der Waals surface area contributed by atoms with Crippen LogP contribution >= 0.6 is 23.2 Å². The Morgan fingerprint density at radius 1 is 1.22 bits per heavy atom. The topological polar surface area (TPSA) is 82.4 Å². The smallest absolute Gasteiger partial charge is 0.244 e. The summed E-state index contributed by atoms with van der Waals surface area (Å²) in [5, 5.41) is 12.7. The Bertz CT molecular complexity index is 1070. The molecule has 0 unspecified atom stereocenters. The lowest BCUT2D eigenvalue weighted by atomic mass is 9.90. The van der Waals surface area contributed by atoms with Gasteiger partial charge in [0.1, 0.15) is 5.75 Å². The lowest BCUT2D eigenvalue weighted by Crippen LogP contribution is -2.50. The van der Waals surface area contributed by atoms with Crippen molar-refractivity contribution < 1.29 is 14.3 Å². The second-order valence-corrected chi connectivity index (χ2v) is 8.31. The first kappa shape index (κ1) is 23.8. The normalized spacial score (nSPS) is 14.1. The third-order valence-electron chi connectivity index (χ3n) is 5.26. The van der Waals surface area contributed by atoms with Crippen LogP contribution < -0.4 is 10.1 Å². The Morgan fingerprint density at radius 2 is 2.00 bits per heavy atom. The number of ketones is 1. The summed E-state index contributed by atoms with van der Waals surface area (Å²) in [5.41, 5.74) is 1.75. The molecule has 32 heavy (non-hydrogen) atoms. The molecule has 166 valence electrons. The van der Waals surface area contributed by atoms with Crippen molar-refractivity contribution in [1.29, 1.82) is 5.26 Å². The molecule has 0 spiro atoms. The van der Waals surface area contributed by atoms with Crippen LogP contribution in [-0.4, -0.2) is 49.9 Å². The summed E-state index contributed by atoms with van der Waals surface area (Å²) >= 11 is 11.9. The number of nitriles is 1. The van der Waals surface area contributed by atoms with E-state index in [0.29, 0.717) is 52.1 Å². The van der Waals surface area contributed by atoms with Crippen molar-refractivity contribution in [3.63, 3.8) is 0 Å². The predicted molar refractivity (Wildman–Crippen MR) is 125 cm³/mol. The quantitative estimate of drug-likeness (QED) is 0.336. The summed E-state index contributed by atoms with van der Waals surface area (Å²) in [6.45, 7) is 2.72. The first-order valence-electron chi connectivity index (χ1n) is 10.2. The molecule has 1 aliphatic heterocycles. The molecular formula is C24H23Cl2N3O3. The van der Waals surface area contributed by atoms with Crippen molar-refractivity contribution in [2.45, 2.75) is 6.42 Å². The van der Waals surface area contributed by atoms with Crippen LogP contribution in [0.5, 0.6) is 5.75 Å². The average molecular weight is 472 g/mol. The Labute approximate surface area is 197 Å². The summed E-state index contributed by atoms with van der Waals surface area (Å²) in [6.07, 6.45) is 3.83. The maximum atomic E-state index is 12.5. The number of nitrogens with zero attached hydrogens (tertiary/aromatic N) is 2. The fourth-order valence-electron chi connectivity index (χ4n) is 3.48. The maximum absolute atomic E-state index is 12.5. The van der Waals surface area contributed by atoms with Crippen LogP contribution in [0.25, 0.3) is 6.08 Å². The molecular weight excluding hydrogens is 449 g/mol. The van der Waals surface area contributed by atoms with E-state index >= 15 is 0 Å². The van der Waals surface area contributed by atoms with Crippen molar-refractivity contribution in [3.05, 3.63) is 69.2 Å². The van der Waals surface area contributed by atoms with Gasteiger partial charge in [-0.15, -0.1) is 0 Å². The van der Waals surface area contributed by atoms with Gasteiger partial charge in [0.15, 0.2) is 5.78 Å². The number of likely N-dealkylation sites (tertiary alicyclic amines) is 1. The molecule has 2 aromatic carbocycles. The van der Waals surface area contributed by atoms with Gasteiger partial charge in [-0.2, -0.15) is 5.26 Å². The van der Waals surface area contributed by atoms with E-state index in [1.807, 2.05) is 0 Å². The van der Waals surface area contributed by atoms with Gasteiger partial charge in [0.05, 0.1) is 28.8 Å². The number of amides is 1. The fraction of sp³-hybridized carbons (Fsp3) is 0.292. The van der Waals surface area contributed by atoms with Crippen molar-refractivity contribution in [2.24, 2.45) is 5.92 Å². The number of Topliss-reactive ketones (excluding diaryl/α,β-unsaturated/α-hetero) is 1. The second kappa shape index (κ2) is 11.1. The number of methoxy groups -OCH3 is 1. The average Bonchev–Trinajstić information content (AvgIpc) is 2.77. The first-order chi connectivity index (χ1) is 15.4. The summed E-state index contributed by atoms with van der Waals surface area (Å²) in [5.74, 6) is 0.416. The Morgan fingerprint density at radius 3 is 2.69 bits per heavy atom. The van der Waals surface area contributed by atoms with E-state index in [1.165, 1.54) is 13.2 Å². The maximum Gasteiger partial charge on any atom is 0.244 e. The lowest BCUT2D eigenvalue weighted by molar-refractivity contribution is -0.116. The van der Waals surface area contributed by atoms with Crippen LogP contribution in [0.3, 0.4) is 0 Å². The molecule has 6 nitrogen and oxygen atoms in total. The molecule has 1 N–H and O–H groups in total. The number of halogens is 2. The summed E-state index contributed by atoms with van der Waals surface area (Å²) in [7, 11) is 1.54. The number of carbonyl (C=O) groups is 2. The number of hydrogen-bond donors (Lipinski definition) is 1. The van der Waals surface area contributed by atoms with Crippen LogP contribution in [0.4, 0.5) is 0 Å². The zero-order valence-electron chi connectivity index (χ0n) is 17.6. The number of rotatable bonds is 9. The fourth-order valence-corrected chi connectivity index (χ4v) is 3.77. The van der Waals surface area contributed by atoms with Crippen molar-refractivity contribution >= 4 is 41.0 Å². The zero-order valence-corrected chi connectivity index (χ0v) is 19.1. The molecule has 3 rings (SSSR count). The molecule has 1 aliphatic rings. The van der Waals surface area contributed by atoms with Gasteiger partial charge in [0, 0.05) is 42.8 Å². The van der Waals surface area contributed by atoms with Gasteiger partial charge >= 0.3 is 0 Å². The molecule has 0 saturated carbocycles. The van der Waals surface area contributed by atoms with E-state index in [1.54, 1.807) is 42.5 Å². The molecule has 0 aliphatic carbocycles. The van der Waals surface area contributed by atoms with Gasteiger partial charge in [-0.1, -0.05) is 23.2 Å². The van der Waals surface area contributed by atoms with E-state index in [0.717, 1.165) is 13.0 Å². The number of ether oxygens (including phenoxy) is 1. The summed E-state index contributed by atoms with van der Waals surface area (Å²) in [6, 6.07) is 12.1. The molecule has 0 atom stereocenters. The highest BCUT2D eigenvalue weighted by atomic mass is 35.5. The molecule has 1 heterocycles.